The first-order valence-electron chi connectivity index (χ1n) is 3.58. The molecular formula is C6H5F3N3OS. The van der Waals surface area contributed by atoms with Crippen molar-refractivity contribution in [2.75, 3.05) is 0 Å². The van der Waals surface area contributed by atoms with E-state index in [4.69, 9.17) is 0 Å². The van der Waals surface area contributed by atoms with Gasteiger partial charge in [-0.2, -0.15) is 18.2 Å². The third-order valence-corrected chi connectivity index (χ3v) is 2.16. The van der Waals surface area contributed by atoms with Gasteiger partial charge < -0.3 is 0 Å². The van der Waals surface area contributed by atoms with E-state index < -0.39 is 12.1 Å². The van der Waals surface area contributed by atoms with Gasteiger partial charge in [0.2, 0.25) is 5.17 Å². The van der Waals surface area contributed by atoms with E-state index in [9.17, 15) is 18.0 Å². The molecule has 1 amide bonds. The van der Waals surface area contributed by atoms with Crippen molar-refractivity contribution in [1.82, 2.24) is 5.43 Å². The summed E-state index contributed by atoms with van der Waals surface area (Å²) in [5, 5.41) is 3.81. The Morgan fingerprint density at radius 1 is 1.57 bits per heavy atom. The summed E-state index contributed by atoms with van der Waals surface area (Å²) in [5.41, 5.74) is 3.32. The lowest BCUT2D eigenvalue weighted by Gasteiger charge is -1.99. The molecule has 0 aromatic heterocycles. The topological polar surface area (TPSA) is 55.9 Å². The normalized spacial score (nSPS) is 19.4. The molecule has 0 aromatic carbocycles. The monoisotopic (exact) mass is 224 g/mol. The molecule has 8 heteroatoms. The molecule has 14 heavy (non-hydrogen) atoms. The first-order chi connectivity index (χ1) is 6.43. The van der Waals surface area contributed by atoms with Crippen LogP contribution in [0.4, 0.5) is 13.2 Å². The van der Waals surface area contributed by atoms with Crippen molar-refractivity contribution in [1.29, 1.82) is 0 Å². The number of halogens is 3. The van der Waals surface area contributed by atoms with Crippen LogP contribution in [0.5, 0.6) is 0 Å². The Hall–Kier alpha value is -1.05. The highest BCUT2D eigenvalue weighted by atomic mass is 32.2. The van der Waals surface area contributed by atoms with Crippen LogP contribution in [0, 0.1) is 0 Å². The van der Waals surface area contributed by atoms with Crippen molar-refractivity contribution >= 4 is 27.9 Å². The van der Waals surface area contributed by atoms with Gasteiger partial charge in [-0.05, 0) is 18.2 Å². The van der Waals surface area contributed by atoms with E-state index in [2.05, 4.69) is 15.5 Å². The van der Waals surface area contributed by atoms with Crippen LogP contribution in [0.25, 0.3) is 0 Å². The van der Waals surface area contributed by atoms with Crippen LogP contribution in [0.1, 0.15) is 13.3 Å². The minimum Gasteiger partial charge on any atom is -0.262 e. The predicted octanol–water partition coefficient (Wildman–Crippen LogP) is 1.51. The van der Waals surface area contributed by atoms with E-state index in [1.807, 2.05) is 0 Å². The van der Waals surface area contributed by atoms with Crippen molar-refractivity contribution in [3.63, 3.8) is 0 Å². The second-order valence-corrected chi connectivity index (χ2v) is 3.29. The summed E-state index contributed by atoms with van der Waals surface area (Å²) >= 11 is 0.868. The van der Waals surface area contributed by atoms with E-state index in [-0.39, 0.29) is 5.17 Å². The molecule has 0 N–H and O–H groups in total. The zero-order valence-corrected chi connectivity index (χ0v) is 7.82. The number of hydrogen-bond acceptors (Lipinski definition) is 3. The lowest BCUT2D eigenvalue weighted by atomic mass is 10.5. The Bertz CT molecular complexity index is 310. The molecule has 1 radical (unpaired) electrons. The summed E-state index contributed by atoms with van der Waals surface area (Å²) in [6.07, 6.45) is -4.40. The van der Waals surface area contributed by atoms with Gasteiger partial charge in [0.05, 0.1) is 0 Å². The first kappa shape index (κ1) is 11.0. The molecule has 1 aliphatic heterocycles. The van der Waals surface area contributed by atoms with Gasteiger partial charge in [-0.25, -0.2) is 0 Å². The fraction of sp³-hybridized carbons (Fsp3) is 0.500. The largest absolute Gasteiger partial charge is 0.473 e. The third kappa shape index (κ3) is 2.72. The maximum Gasteiger partial charge on any atom is 0.473 e. The van der Waals surface area contributed by atoms with Crippen molar-refractivity contribution < 1.29 is 18.0 Å². The van der Waals surface area contributed by atoms with E-state index in [1.165, 1.54) is 0 Å². The van der Waals surface area contributed by atoms with Gasteiger partial charge >= 0.3 is 12.1 Å². The van der Waals surface area contributed by atoms with Gasteiger partial charge in [-0.15, -0.1) is 10.5 Å². The zero-order chi connectivity index (χ0) is 10.8. The molecule has 0 aromatic rings. The molecule has 0 saturated heterocycles. The second-order valence-electron chi connectivity index (χ2n) is 2.25. The zero-order valence-electron chi connectivity index (χ0n) is 7.00. The second kappa shape index (κ2) is 3.99. The molecule has 0 unspecified atom stereocenters. The van der Waals surface area contributed by atoms with E-state index in [1.54, 1.807) is 6.92 Å². The molecule has 1 heterocycles. The lowest BCUT2D eigenvalue weighted by Crippen LogP contribution is -2.22. The summed E-state index contributed by atoms with van der Waals surface area (Å²) in [5.74, 6) is -2.16. The highest BCUT2D eigenvalue weighted by Gasteiger charge is 2.39. The number of amides is 1. The van der Waals surface area contributed by atoms with Crippen LogP contribution in [-0.2, 0) is 4.79 Å². The summed E-state index contributed by atoms with van der Waals surface area (Å²) in [6.45, 7) is 1.77. The summed E-state index contributed by atoms with van der Waals surface area (Å²) in [4.78, 5) is 13.2. The molecule has 1 aliphatic rings. The Labute approximate surface area is 81.7 Å². The van der Waals surface area contributed by atoms with Crippen molar-refractivity contribution in [2.24, 2.45) is 10.1 Å². The standard InChI is InChI=1S/C6H5F3N3OS/c1-2-3-11-12-5(14-3)10-4(13)6(7,8)9/h2H2,1H3. The molecule has 0 fully saturated rings. The van der Waals surface area contributed by atoms with Crippen LogP contribution in [-0.4, -0.2) is 22.3 Å². The molecular weight excluding hydrogens is 219 g/mol. The van der Waals surface area contributed by atoms with Crippen LogP contribution < -0.4 is 5.43 Å². The minimum atomic E-state index is -4.95. The van der Waals surface area contributed by atoms with Crippen LogP contribution in [0.2, 0.25) is 0 Å². The van der Waals surface area contributed by atoms with Crippen LogP contribution in [0.3, 0.4) is 0 Å². The average molecular weight is 224 g/mol. The predicted molar refractivity (Wildman–Crippen MR) is 45.9 cm³/mol. The van der Waals surface area contributed by atoms with Crippen LogP contribution >= 0.6 is 11.8 Å². The Morgan fingerprint density at radius 3 is 2.64 bits per heavy atom. The van der Waals surface area contributed by atoms with Crippen molar-refractivity contribution in [3.8, 4) is 0 Å². The van der Waals surface area contributed by atoms with Gasteiger partial charge in [0.1, 0.15) is 5.04 Å². The summed E-state index contributed by atoms with van der Waals surface area (Å²) in [6, 6.07) is 0. The maximum atomic E-state index is 11.7. The smallest absolute Gasteiger partial charge is 0.262 e. The summed E-state index contributed by atoms with van der Waals surface area (Å²) in [7, 11) is 0. The number of carbonyl (C=O) groups excluding carboxylic acids is 1. The highest BCUT2D eigenvalue weighted by molar-refractivity contribution is 8.26. The maximum absolute atomic E-state index is 11.7. The fourth-order valence-corrected chi connectivity index (χ4v) is 1.23. The molecule has 0 bridgehead atoms. The van der Waals surface area contributed by atoms with Gasteiger partial charge in [-0.1, -0.05) is 6.92 Å². The number of nitrogens with zero attached hydrogens (tertiary/aromatic N) is 3. The number of hydrogen-bond donors (Lipinski definition) is 0. The Balaban J connectivity index is 2.62. The number of rotatable bonds is 1. The summed E-state index contributed by atoms with van der Waals surface area (Å²) < 4.78 is 35.2. The number of aliphatic imine (C=N–C) groups is 1. The molecule has 4 nitrogen and oxygen atoms in total. The number of carbonyl (C=O) groups is 1. The SMILES string of the molecule is CCC1=N[N]C(=NC(=O)C(F)(F)F)S1. The Kier molecular flexibility index (Phi) is 3.14. The molecule has 0 saturated carbocycles. The van der Waals surface area contributed by atoms with Crippen LogP contribution in [0.15, 0.2) is 10.1 Å². The average Bonchev–Trinajstić information content (AvgIpc) is 2.50. The van der Waals surface area contributed by atoms with Crippen molar-refractivity contribution in [3.05, 3.63) is 0 Å². The number of alkyl halides is 3. The molecule has 77 valence electrons. The van der Waals surface area contributed by atoms with Gasteiger partial charge in [-0.3, -0.25) is 4.79 Å². The highest BCUT2D eigenvalue weighted by Crippen LogP contribution is 2.20. The lowest BCUT2D eigenvalue weighted by molar-refractivity contribution is -0.169. The van der Waals surface area contributed by atoms with E-state index in [0.717, 1.165) is 11.8 Å². The van der Waals surface area contributed by atoms with Gasteiger partial charge in [0.25, 0.3) is 0 Å². The third-order valence-electron chi connectivity index (χ3n) is 1.20. The quantitative estimate of drug-likeness (QED) is 0.677. The molecule has 1 rings (SSSR count). The van der Waals surface area contributed by atoms with E-state index >= 15 is 0 Å². The molecule has 0 atom stereocenters. The Morgan fingerprint density at radius 2 is 2.21 bits per heavy atom. The first-order valence-corrected chi connectivity index (χ1v) is 4.40. The van der Waals surface area contributed by atoms with E-state index in [0.29, 0.717) is 11.5 Å². The molecule has 0 aliphatic carbocycles. The number of thioether (sulfide) groups is 1. The molecule has 0 spiro atoms. The van der Waals surface area contributed by atoms with Crippen molar-refractivity contribution in [2.45, 2.75) is 19.5 Å². The van der Waals surface area contributed by atoms with Gasteiger partial charge in [0, 0.05) is 0 Å². The fourth-order valence-electron chi connectivity index (χ4n) is 0.583. The number of amidine groups is 1. The minimum absolute atomic E-state index is 0.260. The van der Waals surface area contributed by atoms with Gasteiger partial charge in [0.15, 0.2) is 0 Å².